The first kappa shape index (κ1) is 14.4. The molecule has 2 N–H and O–H groups in total. The molecule has 0 aromatic heterocycles. The highest BCUT2D eigenvalue weighted by Crippen LogP contribution is 2.24. The third kappa shape index (κ3) is 3.95. The molecule has 0 saturated carbocycles. The lowest BCUT2D eigenvalue weighted by atomic mass is 10.0. The van der Waals surface area contributed by atoms with Gasteiger partial charge in [-0.15, -0.1) is 12.3 Å². The molecular formula is C15H25N3O. The lowest BCUT2D eigenvalue weighted by molar-refractivity contribution is -0.126. The molecule has 4 heteroatoms. The van der Waals surface area contributed by atoms with E-state index in [2.05, 4.69) is 21.5 Å². The predicted octanol–water partition coefficient (Wildman–Crippen LogP) is 0.732. The van der Waals surface area contributed by atoms with Gasteiger partial charge in [0.2, 0.25) is 5.91 Å². The number of terminal acetylenes is 1. The lowest BCUT2D eigenvalue weighted by Crippen LogP contribution is -2.50. The number of rotatable bonds is 5. The second kappa shape index (κ2) is 7.52. The van der Waals surface area contributed by atoms with E-state index in [4.69, 9.17) is 6.42 Å². The lowest BCUT2D eigenvalue weighted by Gasteiger charge is -2.35. The number of likely N-dealkylation sites (tertiary alicyclic amines) is 1. The Kier molecular flexibility index (Phi) is 5.68. The molecule has 0 aliphatic carbocycles. The molecule has 0 aromatic carbocycles. The molecule has 2 heterocycles. The van der Waals surface area contributed by atoms with Gasteiger partial charge in [-0.2, -0.15) is 0 Å². The average molecular weight is 263 g/mol. The van der Waals surface area contributed by atoms with Gasteiger partial charge in [0.1, 0.15) is 0 Å². The summed E-state index contributed by atoms with van der Waals surface area (Å²) >= 11 is 0. The van der Waals surface area contributed by atoms with E-state index in [-0.39, 0.29) is 11.9 Å². The Morgan fingerprint density at radius 1 is 1.37 bits per heavy atom. The molecule has 2 saturated heterocycles. The van der Waals surface area contributed by atoms with Crippen molar-refractivity contribution in [2.24, 2.45) is 0 Å². The van der Waals surface area contributed by atoms with E-state index in [1.807, 2.05) is 0 Å². The number of nitrogens with zero attached hydrogens (tertiary/aromatic N) is 1. The minimum absolute atomic E-state index is 0.0916. The molecule has 1 unspecified atom stereocenters. The Balaban J connectivity index is 1.80. The number of carbonyl (C=O) groups excluding carboxylic acids is 1. The highest BCUT2D eigenvalue weighted by molar-refractivity contribution is 5.82. The fourth-order valence-corrected chi connectivity index (χ4v) is 3.17. The number of hydrogen-bond acceptors (Lipinski definition) is 3. The Labute approximate surface area is 116 Å². The fourth-order valence-electron chi connectivity index (χ4n) is 3.17. The van der Waals surface area contributed by atoms with Crippen molar-refractivity contribution in [1.29, 1.82) is 0 Å². The summed E-state index contributed by atoms with van der Waals surface area (Å²) in [6.45, 7) is 3.95. The average Bonchev–Trinajstić information content (AvgIpc) is 2.94. The van der Waals surface area contributed by atoms with Crippen molar-refractivity contribution in [2.75, 3.05) is 26.2 Å². The second-order valence-electron chi connectivity index (χ2n) is 5.48. The predicted molar refractivity (Wildman–Crippen MR) is 76.7 cm³/mol. The zero-order valence-corrected chi connectivity index (χ0v) is 11.7. The van der Waals surface area contributed by atoms with E-state index in [9.17, 15) is 4.79 Å². The van der Waals surface area contributed by atoms with Crippen LogP contribution in [0.2, 0.25) is 0 Å². The fraction of sp³-hybridized carbons (Fsp3) is 0.800. The van der Waals surface area contributed by atoms with Crippen molar-refractivity contribution in [1.82, 2.24) is 15.5 Å². The van der Waals surface area contributed by atoms with Crippen molar-refractivity contribution in [2.45, 2.75) is 50.6 Å². The van der Waals surface area contributed by atoms with Crippen LogP contribution < -0.4 is 10.6 Å². The Morgan fingerprint density at radius 2 is 2.16 bits per heavy atom. The SMILES string of the molecule is C#CCCCNC(=O)C1CCCN1C1CCNCC1. The van der Waals surface area contributed by atoms with E-state index in [0.717, 1.165) is 45.3 Å². The van der Waals surface area contributed by atoms with Gasteiger partial charge in [-0.25, -0.2) is 0 Å². The highest BCUT2D eigenvalue weighted by Gasteiger charge is 2.35. The van der Waals surface area contributed by atoms with E-state index in [1.54, 1.807) is 0 Å². The number of piperidine rings is 1. The number of amides is 1. The summed E-state index contributed by atoms with van der Waals surface area (Å²) in [5, 5.41) is 6.42. The van der Waals surface area contributed by atoms with Gasteiger partial charge in [0.05, 0.1) is 6.04 Å². The van der Waals surface area contributed by atoms with Crippen LogP contribution in [0.3, 0.4) is 0 Å². The van der Waals surface area contributed by atoms with Gasteiger partial charge in [-0.05, 0) is 51.7 Å². The first-order chi connectivity index (χ1) is 9.33. The molecule has 2 aliphatic rings. The quantitative estimate of drug-likeness (QED) is 0.568. The summed E-state index contributed by atoms with van der Waals surface area (Å²) in [4.78, 5) is 14.7. The largest absolute Gasteiger partial charge is 0.355 e. The Hall–Kier alpha value is -1.05. The maximum atomic E-state index is 12.2. The zero-order valence-electron chi connectivity index (χ0n) is 11.7. The summed E-state index contributed by atoms with van der Waals surface area (Å²) in [5.41, 5.74) is 0. The van der Waals surface area contributed by atoms with Gasteiger partial charge >= 0.3 is 0 Å². The second-order valence-corrected chi connectivity index (χ2v) is 5.48. The van der Waals surface area contributed by atoms with E-state index < -0.39 is 0 Å². The van der Waals surface area contributed by atoms with Gasteiger partial charge in [0.15, 0.2) is 0 Å². The molecule has 0 aromatic rings. The molecule has 19 heavy (non-hydrogen) atoms. The van der Waals surface area contributed by atoms with Crippen LogP contribution in [0, 0.1) is 12.3 Å². The van der Waals surface area contributed by atoms with Gasteiger partial charge in [-0.1, -0.05) is 0 Å². The van der Waals surface area contributed by atoms with Crippen molar-refractivity contribution in [3.63, 3.8) is 0 Å². The molecule has 106 valence electrons. The van der Waals surface area contributed by atoms with Crippen LogP contribution >= 0.6 is 0 Å². The van der Waals surface area contributed by atoms with Crippen LogP contribution in [-0.2, 0) is 4.79 Å². The monoisotopic (exact) mass is 263 g/mol. The zero-order chi connectivity index (χ0) is 13.5. The minimum atomic E-state index is 0.0916. The van der Waals surface area contributed by atoms with Crippen LogP contribution in [0.4, 0.5) is 0 Å². The maximum absolute atomic E-state index is 12.2. The smallest absolute Gasteiger partial charge is 0.237 e. The van der Waals surface area contributed by atoms with E-state index in [0.29, 0.717) is 12.6 Å². The number of unbranched alkanes of at least 4 members (excludes halogenated alkanes) is 1. The molecule has 2 fully saturated rings. The van der Waals surface area contributed by atoms with Gasteiger partial charge in [0, 0.05) is 19.0 Å². The van der Waals surface area contributed by atoms with Crippen molar-refractivity contribution in [3.05, 3.63) is 0 Å². The molecule has 0 spiro atoms. The first-order valence-corrected chi connectivity index (χ1v) is 7.50. The van der Waals surface area contributed by atoms with Crippen LogP contribution in [0.25, 0.3) is 0 Å². The van der Waals surface area contributed by atoms with E-state index >= 15 is 0 Å². The molecule has 0 bridgehead atoms. The molecule has 0 radical (unpaired) electrons. The number of carbonyl (C=O) groups is 1. The van der Waals surface area contributed by atoms with Crippen LogP contribution in [0.15, 0.2) is 0 Å². The van der Waals surface area contributed by atoms with E-state index in [1.165, 1.54) is 12.8 Å². The topological polar surface area (TPSA) is 44.4 Å². The third-order valence-electron chi connectivity index (χ3n) is 4.17. The van der Waals surface area contributed by atoms with Crippen molar-refractivity contribution < 1.29 is 4.79 Å². The summed E-state index contributed by atoms with van der Waals surface area (Å²) < 4.78 is 0. The maximum Gasteiger partial charge on any atom is 0.237 e. The first-order valence-electron chi connectivity index (χ1n) is 7.50. The number of nitrogens with one attached hydrogen (secondary N) is 2. The minimum Gasteiger partial charge on any atom is -0.355 e. The van der Waals surface area contributed by atoms with Crippen LogP contribution in [0.1, 0.15) is 38.5 Å². The molecule has 4 nitrogen and oxygen atoms in total. The Morgan fingerprint density at radius 3 is 2.89 bits per heavy atom. The van der Waals surface area contributed by atoms with Crippen LogP contribution in [0.5, 0.6) is 0 Å². The van der Waals surface area contributed by atoms with Gasteiger partial charge < -0.3 is 10.6 Å². The summed E-state index contributed by atoms with van der Waals surface area (Å²) in [5.74, 6) is 2.80. The highest BCUT2D eigenvalue weighted by atomic mass is 16.2. The van der Waals surface area contributed by atoms with Crippen LogP contribution in [-0.4, -0.2) is 49.1 Å². The molecule has 2 aliphatic heterocycles. The normalized spacial score (nSPS) is 25.1. The Bertz CT molecular complexity index is 331. The molecule has 1 amide bonds. The molecule has 2 rings (SSSR count). The van der Waals surface area contributed by atoms with Crippen molar-refractivity contribution in [3.8, 4) is 12.3 Å². The van der Waals surface area contributed by atoms with Gasteiger partial charge in [0.25, 0.3) is 0 Å². The van der Waals surface area contributed by atoms with Gasteiger partial charge in [-0.3, -0.25) is 9.69 Å². The molecule has 1 atom stereocenters. The summed E-state index contributed by atoms with van der Waals surface area (Å²) in [7, 11) is 0. The van der Waals surface area contributed by atoms with Crippen molar-refractivity contribution >= 4 is 5.91 Å². The number of hydrogen-bond donors (Lipinski definition) is 2. The summed E-state index contributed by atoms with van der Waals surface area (Å²) in [6.07, 6.45) is 11.3. The standard InChI is InChI=1S/C15H25N3O/c1-2-3-4-9-17-15(19)14-6-5-12-18(14)13-7-10-16-11-8-13/h1,13-14,16H,3-12H2,(H,17,19). The third-order valence-corrected chi connectivity index (χ3v) is 4.17. The summed E-state index contributed by atoms with van der Waals surface area (Å²) in [6, 6.07) is 0.680. The molecular weight excluding hydrogens is 238 g/mol.